The molecule has 2 aromatic rings. The van der Waals surface area contributed by atoms with Crippen LogP contribution in [0.1, 0.15) is 31.2 Å². The van der Waals surface area contributed by atoms with Gasteiger partial charge in [-0.2, -0.15) is 5.10 Å². The molecule has 2 bridgehead atoms. The third-order valence-electron chi connectivity index (χ3n) is 4.81. The number of hydrogen-bond donors (Lipinski definition) is 1. The van der Waals surface area contributed by atoms with Crippen LogP contribution in [0.4, 0.5) is 14.6 Å². The molecule has 0 aromatic carbocycles. The van der Waals surface area contributed by atoms with Gasteiger partial charge < -0.3 is 5.73 Å². The van der Waals surface area contributed by atoms with Crippen molar-refractivity contribution in [2.45, 2.75) is 50.2 Å². The number of fused-ring (bicyclic) bond motifs is 3. The van der Waals surface area contributed by atoms with E-state index in [1.54, 1.807) is 4.52 Å². The van der Waals surface area contributed by atoms with E-state index >= 15 is 0 Å². The van der Waals surface area contributed by atoms with E-state index < -0.39 is 5.92 Å². The van der Waals surface area contributed by atoms with Crippen LogP contribution in [-0.2, 0) is 6.54 Å². The third-order valence-corrected chi connectivity index (χ3v) is 5.38. The molecule has 0 aliphatic carbocycles. The van der Waals surface area contributed by atoms with Gasteiger partial charge in [-0.1, -0.05) is 0 Å². The van der Waals surface area contributed by atoms with Crippen LogP contribution in [0.25, 0.3) is 5.52 Å². The Morgan fingerprint density at radius 2 is 2.00 bits per heavy atom. The zero-order chi connectivity index (χ0) is 15.5. The first-order chi connectivity index (χ1) is 10.4. The normalized spacial score (nSPS) is 27.6. The first kappa shape index (κ1) is 14.3. The first-order valence-corrected chi connectivity index (χ1v) is 8.14. The van der Waals surface area contributed by atoms with E-state index in [4.69, 9.17) is 5.73 Å². The molecule has 0 spiro atoms. The average molecular weight is 372 g/mol. The maximum Gasteiger partial charge on any atom is 0.251 e. The van der Waals surface area contributed by atoms with Gasteiger partial charge >= 0.3 is 0 Å². The lowest BCUT2D eigenvalue weighted by molar-refractivity contribution is -0.0847. The lowest BCUT2D eigenvalue weighted by Crippen LogP contribution is -2.46. The maximum absolute atomic E-state index is 13.7. The van der Waals surface area contributed by atoms with E-state index in [-0.39, 0.29) is 24.9 Å². The van der Waals surface area contributed by atoms with Gasteiger partial charge in [0.25, 0.3) is 5.92 Å². The largest absolute Gasteiger partial charge is 0.382 e. The van der Waals surface area contributed by atoms with E-state index in [9.17, 15) is 8.78 Å². The number of piperidine rings is 1. The van der Waals surface area contributed by atoms with Crippen LogP contribution < -0.4 is 5.73 Å². The molecule has 118 valence electrons. The van der Waals surface area contributed by atoms with Gasteiger partial charge in [0.15, 0.2) is 5.82 Å². The van der Waals surface area contributed by atoms with Crippen molar-refractivity contribution in [2.75, 3.05) is 5.73 Å². The Kier molecular flexibility index (Phi) is 3.16. The van der Waals surface area contributed by atoms with Crippen LogP contribution in [0.3, 0.4) is 0 Å². The summed E-state index contributed by atoms with van der Waals surface area (Å²) < 4.78 is 29.9. The number of alkyl halides is 2. The Bertz CT molecular complexity index is 715. The van der Waals surface area contributed by atoms with Crippen molar-refractivity contribution in [3.63, 3.8) is 0 Å². The molecule has 5 nitrogen and oxygen atoms in total. The molecule has 0 radical (unpaired) electrons. The van der Waals surface area contributed by atoms with Gasteiger partial charge in [-0.25, -0.2) is 18.3 Å². The summed E-state index contributed by atoms with van der Waals surface area (Å²) in [5.74, 6) is -2.11. The number of halogens is 3. The lowest BCUT2D eigenvalue weighted by atomic mass is 9.98. The number of anilines is 1. The molecule has 2 aliphatic heterocycles. The van der Waals surface area contributed by atoms with Gasteiger partial charge in [0.05, 0.1) is 0 Å². The summed E-state index contributed by atoms with van der Waals surface area (Å²) in [6.07, 6.45) is 3.02. The number of nitrogens with zero attached hydrogens (tertiary/aromatic N) is 4. The third kappa shape index (κ3) is 2.20. The Morgan fingerprint density at radius 3 is 2.68 bits per heavy atom. The molecule has 2 aliphatic rings. The molecule has 8 heteroatoms. The molecular formula is C14H16BrF2N5. The average Bonchev–Trinajstić information content (AvgIpc) is 2.88. The van der Waals surface area contributed by atoms with Crippen molar-refractivity contribution in [1.82, 2.24) is 19.5 Å². The maximum atomic E-state index is 13.7. The smallest absolute Gasteiger partial charge is 0.251 e. The molecule has 22 heavy (non-hydrogen) atoms. The van der Waals surface area contributed by atoms with Crippen molar-refractivity contribution >= 4 is 27.3 Å². The molecule has 0 saturated carbocycles. The van der Waals surface area contributed by atoms with Crippen LogP contribution >= 0.6 is 15.9 Å². The number of nitrogens with two attached hydrogens (primary N) is 1. The van der Waals surface area contributed by atoms with Gasteiger partial charge in [-0.05, 0) is 40.4 Å². The molecule has 2 atom stereocenters. The second-order valence-corrected chi connectivity index (χ2v) is 7.03. The highest BCUT2D eigenvalue weighted by atomic mass is 79.9. The second-order valence-electron chi connectivity index (χ2n) is 6.22. The summed E-state index contributed by atoms with van der Waals surface area (Å²) in [6.45, 7) is 0.609. The van der Waals surface area contributed by atoms with E-state index in [2.05, 4.69) is 30.9 Å². The highest BCUT2D eigenvalue weighted by molar-refractivity contribution is 9.10. The van der Waals surface area contributed by atoms with Crippen molar-refractivity contribution in [3.05, 3.63) is 22.6 Å². The van der Waals surface area contributed by atoms with Gasteiger partial charge in [0, 0.05) is 31.5 Å². The van der Waals surface area contributed by atoms with Gasteiger partial charge in [0.2, 0.25) is 0 Å². The topological polar surface area (TPSA) is 59.4 Å². The van der Waals surface area contributed by atoms with Crippen LogP contribution in [0.15, 0.2) is 17.0 Å². The highest BCUT2D eigenvalue weighted by Crippen LogP contribution is 2.44. The molecule has 2 N–H and O–H groups in total. The molecule has 2 saturated heterocycles. The summed E-state index contributed by atoms with van der Waals surface area (Å²) in [7, 11) is 0. The van der Waals surface area contributed by atoms with Crippen molar-refractivity contribution < 1.29 is 8.78 Å². The number of nitrogen functional groups attached to an aromatic ring is 1. The SMILES string of the molecule is Nc1ncnn2c(Br)cc(CN3[C@@H]4CC[C@H]3CC(F)(F)C4)c12. The Labute approximate surface area is 134 Å². The van der Waals surface area contributed by atoms with Gasteiger partial charge in [-0.15, -0.1) is 0 Å². The minimum atomic E-state index is -2.52. The van der Waals surface area contributed by atoms with Crippen LogP contribution in [0.5, 0.6) is 0 Å². The Morgan fingerprint density at radius 1 is 1.32 bits per heavy atom. The fraction of sp³-hybridized carbons (Fsp3) is 0.571. The molecule has 4 heterocycles. The second kappa shape index (κ2) is 4.86. The summed E-state index contributed by atoms with van der Waals surface area (Å²) in [4.78, 5) is 6.24. The lowest BCUT2D eigenvalue weighted by Gasteiger charge is -2.38. The molecule has 4 rings (SSSR count). The van der Waals surface area contributed by atoms with Gasteiger partial charge in [0.1, 0.15) is 16.4 Å². The summed E-state index contributed by atoms with van der Waals surface area (Å²) in [5, 5.41) is 4.17. The van der Waals surface area contributed by atoms with Gasteiger partial charge in [-0.3, -0.25) is 4.90 Å². The first-order valence-electron chi connectivity index (χ1n) is 7.35. The van der Waals surface area contributed by atoms with Crippen LogP contribution in [-0.4, -0.2) is 37.5 Å². The van der Waals surface area contributed by atoms with E-state index in [1.807, 2.05) is 6.07 Å². The summed E-state index contributed by atoms with van der Waals surface area (Å²) >= 11 is 3.46. The minimum Gasteiger partial charge on any atom is -0.382 e. The fourth-order valence-corrected chi connectivity index (χ4v) is 4.45. The van der Waals surface area contributed by atoms with Crippen molar-refractivity contribution in [3.8, 4) is 0 Å². The summed E-state index contributed by atoms with van der Waals surface area (Å²) in [6, 6.07) is 1.86. The molecule has 0 amide bonds. The van der Waals surface area contributed by atoms with Crippen LogP contribution in [0.2, 0.25) is 0 Å². The van der Waals surface area contributed by atoms with Crippen molar-refractivity contribution in [1.29, 1.82) is 0 Å². The quantitative estimate of drug-likeness (QED) is 0.881. The zero-order valence-electron chi connectivity index (χ0n) is 11.8. The highest BCUT2D eigenvalue weighted by Gasteiger charge is 2.49. The van der Waals surface area contributed by atoms with E-state index in [0.717, 1.165) is 28.5 Å². The fourth-order valence-electron chi connectivity index (χ4n) is 3.90. The Balaban J connectivity index is 1.68. The zero-order valence-corrected chi connectivity index (χ0v) is 13.4. The molecule has 2 aromatic heterocycles. The molecule has 0 unspecified atom stereocenters. The monoisotopic (exact) mass is 371 g/mol. The predicted octanol–water partition coefficient (Wildman–Crippen LogP) is 2.84. The van der Waals surface area contributed by atoms with E-state index in [0.29, 0.717) is 12.4 Å². The summed E-state index contributed by atoms with van der Waals surface area (Å²) in [5.41, 5.74) is 7.71. The van der Waals surface area contributed by atoms with Crippen molar-refractivity contribution in [2.24, 2.45) is 0 Å². The number of aromatic nitrogens is 3. The number of rotatable bonds is 2. The minimum absolute atomic E-state index is 0.0393. The predicted molar refractivity (Wildman–Crippen MR) is 81.6 cm³/mol. The molecular weight excluding hydrogens is 356 g/mol. The van der Waals surface area contributed by atoms with E-state index in [1.165, 1.54) is 6.33 Å². The van der Waals surface area contributed by atoms with Crippen LogP contribution in [0, 0.1) is 0 Å². The standard InChI is InChI=1S/C14H16BrF2N5/c15-11-3-8(12-13(18)19-7-20-22(11)12)6-21-9-1-2-10(21)5-14(16,17)4-9/h3,7,9-10H,1-2,4-6H2,(H2,18,19,20)/t9-,10+. The molecule has 2 fully saturated rings. The number of hydrogen-bond acceptors (Lipinski definition) is 4. The Hall–Kier alpha value is -1.28.